The van der Waals surface area contributed by atoms with Gasteiger partial charge in [0.15, 0.2) is 0 Å². The third kappa shape index (κ3) is 12.5. The number of anilines is 1. The highest BCUT2D eigenvalue weighted by atomic mass is 16.2. The van der Waals surface area contributed by atoms with E-state index >= 15 is 0 Å². The number of amides is 2. The molecule has 0 aliphatic heterocycles. The van der Waals surface area contributed by atoms with E-state index in [1.54, 1.807) is 30.3 Å². The van der Waals surface area contributed by atoms with Crippen LogP contribution in [0.25, 0.3) is 23.2 Å². The number of aromatic amines is 1. The van der Waals surface area contributed by atoms with Gasteiger partial charge in [0.1, 0.15) is 11.5 Å². The van der Waals surface area contributed by atoms with Crippen molar-refractivity contribution in [3.8, 4) is 0 Å². The van der Waals surface area contributed by atoms with E-state index in [4.69, 9.17) is 0 Å². The Morgan fingerprint density at radius 2 is 1.49 bits per heavy atom. The lowest BCUT2D eigenvalue weighted by atomic mass is 9.96. The molecule has 5 rings (SSSR count). The lowest BCUT2D eigenvalue weighted by Gasteiger charge is -2.20. The number of nitrogens with one attached hydrogen (secondary N) is 3. The van der Waals surface area contributed by atoms with Crippen molar-refractivity contribution in [1.82, 2.24) is 20.3 Å². The number of hydrogen-bond acceptors (Lipinski definition) is 4. The topological polar surface area (TPSA) is 99.8 Å². The average molecular weight is 608 g/mol. The number of H-pyrrole nitrogens is 1. The fourth-order valence-electron chi connectivity index (χ4n) is 3.97. The summed E-state index contributed by atoms with van der Waals surface area (Å²) in [6, 6.07) is 16.5. The second-order valence-corrected chi connectivity index (χ2v) is 14.9. The van der Waals surface area contributed by atoms with E-state index in [2.05, 4.69) is 92.3 Å². The zero-order chi connectivity index (χ0) is 33.4. The Bertz CT molecular complexity index is 1670. The van der Waals surface area contributed by atoms with Gasteiger partial charge < -0.3 is 15.6 Å². The van der Waals surface area contributed by atoms with Gasteiger partial charge in [0.2, 0.25) is 0 Å². The zero-order valence-electron chi connectivity index (χ0n) is 28.5. The van der Waals surface area contributed by atoms with Gasteiger partial charge in [-0.25, -0.2) is 9.97 Å². The van der Waals surface area contributed by atoms with Gasteiger partial charge >= 0.3 is 0 Å². The summed E-state index contributed by atoms with van der Waals surface area (Å²) in [4.78, 5) is 36.8. The van der Waals surface area contributed by atoms with Gasteiger partial charge in [0.25, 0.3) is 11.8 Å². The van der Waals surface area contributed by atoms with E-state index in [-0.39, 0.29) is 22.8 Å². The van der Waals surface area contributed by atoms with Gasteiger partial charge in [-0.1, -0.05) is 72.8 Å². The molecule has 3 N–H and O–H groups in total. The van der Waals surface area contributed by atoms with Gasteiger partial charge in [-0.15, -0.1) is 0 Å². The SMILES string of the molecule is CC(C)(C)/C=C/c1ccc2cc[nH]c2n1.CC(C)(C)C.CC(C)(C)NC(=O)c1cccc(C(=O)Nc2ccc3c(n2)CC=C3)c1. The molecule has 0 saturated carbocycles. The van der Waals surface area contributed by atoms with Crippen molar-refractivity contribution in [2.24, 2.45) is 10.8 Å². The first kappa shape index (κ1) is 35.0. The third-order valence-corrected chi connectivity index (χ3v) is 5.92. The van der Waals surface area contributed by atoms with E-state index in [1.807, 2.05) is 57.3 Å². The van der Waals surface area contributed by atoms with E-state index < -0.39 is 0 Å². The van der Waals surface area contributed by atoms with Gasteiger partial charge in [-0.05, 0) is 91.8 Å². The average Bonchev–Trinajstić information content (AvgIpc) is 3.59. The molecule has 238 valence electrons. The standard InChI is InChI=1S/C20H21N3O2.C13H16N2.C5H12/c1-20(2,3)23-19(25)15-8-4-7-14(12-15)18(24)22-17-11-10-13-6-5-9-16(13)21-17;1-13(2,3)8-6-11-5-4-10-7-9-14-12(10)15-11;1-5(2,3)4/h4-8,10-12H,9H2,1-3H3,(H,23,25)(H,21,22,24);4-9H,1-3H3,(H,14,15);1-4H3/b;8-6+;. The number of nitrogens with zero attached hydrogens (tertiary/aromatic N) is 2. The van der Waals surface area contributed by atoms with Gasteiger partial charge in [-0.2, -0.15) is 0 Å². The quantitative estimate of drug-likeness (QED) is 0.215. The molecule has 45 heavy (non-hydrogen) atoms. The Balaban J connectivity index is 0.000000233. The van der Waals surface area contributed by atoms with Gasteiger partial charge in [0.05, 0.1) is 11.4 Å². The van der Waals surface area contributed by atoms with Crippen LogP contribution in [0.4, 0.5) is 5.82 Å². The molecule has 4 aromatic rings. The summed E-state index contributed by atoms with van der Waals surface area (Å²) in [5.74, 6) is 0.0182. The first-order valence-corrected chi connectivity index (χ1v) is 15.4. The van der Waals surface area contributed by atoms with Crippen molar-refractivity contribution in [1.29, 1.82) is 0 Å². The van der Waals surface area contributed by atoms with Crippen LogP contribution in [-0.2, 0) is 6.42 Å². The number of fused-ring (bicyclic) bond motifs is 2. The van der Waals surface area contributed by atoms with Crippen LogP contribution < -0.4 is 10.6 Å². The summed E-state index contributed by atoms with van der Waals surface area (Å²) >= 11 is 0. The molecule has 0 saturated heterocycles. The Labute approximate surface area is 268 Å². The van der Waals surface area contributed by atoms with Crippen LogP contribution in [0.2, 0.25) is 0 Å². The fraction of sp³-hybridized carbons (Fsp3) is 0.368. The van der Waals surface area contributed by atoms with Crippen molar-refractivity contribution in [3.63, 3.8) is 0 Å². The molecule has 1 aliphatic rings. The minimum Gasteiger partial charge on any atom is -0.347 e. The molecule has 1 aromatic carbocycles. The Morgan fingerprint density at radius 3 is 2.13 bits per heavy atom. The summed E-state index contributed by atoms with van der Waals surface area (Å²) in [5, 5.41) is 6.84. The van der Waals surface area contributed by atoms with Crippen LogP contribution in [0.1, 0.15) is 107 Å². The monoisotopic (exact) mass is 607 g/mol. The van der Waals surface area contributed by atoms with Crippen molar-refractivity contribution in [2.45, 2.75) is 81.2 Å². The van der Waals surface area contributed by atoms with Gasteiger partial charge in [0, 0.05) is 34.7 Å². The molecule has 0 radical (unpaired) electrons. The minimum absolute atomic E-state index is 0.201. The number of carbonyl (C=O) groups excluding carboxylic acids is 2. The number of rotatable bonds is 4. The Kier molecular flexibility index (Phi) is 11.3. The van der Waals surface area contributed by atoms with E-state index in [9.17, 15) is 9.59 Å². The highest BCUT2D eigenvalue weighted by Crippen LogP contribution is 2.20. The first-order chi connectivity index (χ1) is 20.9. The molecule has 0 unspecified atom stereocenters. The molecule has 3 heterocycles. The molecular formula is C38H49N5O2. The third-order valence-electron chi connectivity index (χ3n) is 5.92. The lowest BCUT2D eigenvalue weighted by molar-refractivity contribution is 0.0919. The molecule has 0 spiro atoms. The second-order valence-electron chi connectivity index (χ2n) is 14.9. The molecule has 0 atom stereocenters. The largest absolute Gasteiger partial charge is 0.347 e. The van der Waals surface area contributed by atoms with Crippen molar-refractivity contribution in [2.75, 3.05) is 5.32 Å². The molecule has 0 fully saturated rings. The van der Waals surface area contributed by atoms with E-state index in [0.717, 1.165) is 34.4 Å². The summed E-state index contributed by atoms with van der Waals surface area (Å²) in [6.45, 7) is 21.0. The maximum atomic E-state index is 12.5. The highest BCUT2D eigenvalue weighted by Gasteiger charge is 2.17. The number of allylic oxidation sites excluding steroid dienone is 2. The highest BCUT2D eigenvalue weighted by molar-refractivity contribution is 6.05. The summed E-state index contributed by atoms with van der Waals surface area (Å²) in [7, 11) is 0. The molecule has 3 aromatic heterocycles. The Hall–Kier alpha value is -4.52. The van der Waals surface area contributed by atoms with E-state index in [1.165, 1.54) is 0 Å². The first-order valence-electron chi connectivity index (χ1n) is 15.4. The summed E-state index contributed by atoms with van der Waals surface area (Å²) in [5.41, 5.74) is 5.22. The second kappa shape index (κ2) is 14.5. The number of benzene rings is 1. The van der Waals surface area contributed by atoms with Crippen LogP contribution in [0, 0.1) is 10.8 Å². The number of aromatic nitrogens is 3. The van der Waals surface area contributed by atoms with E-state index in [0.29, 0.717) is 22.4 Å². The molecule has 0 bridgehead atoms. The Morgan fingerprint density at radius 1 is 0.822 bits per heavy atom. The maximum Gasteiger partial charge on any atom is 0.256 e. The van der Waals surface area contributed by atoms with Crippen molar-refractivity contribution in [3.05, 3.63) is 101 Å². The van der Waals surface area contributed by atoms with Gasteiger partial charge in [-0.3, -0.25) is 9.59 Å². The van der Waals surface area contributed by atoms with Crippen LogP contribution in [0.3, 0.4) is 0 Å². The van der Waals surface area contributed by atoms with Crippen molar-refractivity contribution >= 4 is 40.8 Å². The molecule has 7 nitrogen and oxygen atoms in total. The number of carbonyl (C=O) groups is 2. The minimum atomic E-state index is -0.336. The molecule has 2 amide bonds. The van der Waals surface area contributed by atoms with Crippen molar-refractivity contribution < 1.29 is 9.59 Å². The van der Waals surface area contributed by atoms with Crippen LogP contribution in [0.5, 0.6) is 0 Å². The fourth-order valence-corrected chi connectivity index (χ4v) is 3.97. The summed E-state index contributed by atoms with van der Waals surface area (Å²) in [6.07, 6.45) is 11.0. The number of hydrogen-bond donors (Lipinski definition) is 3. The predicted molar refractivity (Wildman–Crippen MR) is 188 cm³/mol. The lowest BCUT2D eigenvalue weighted by Crippen LogP contribution is -2.40. The zero-order valence-corrected chi connectivity index (χ0v) is 28.5. The predicted octanol–water partition coefficient (Wildman–Crippen LogP) is 9.11. The van der Waals surface area contributed by atoms with Crippen LogP contribution >= 0.6 is 0 Å². The van der Waals surface area contributed by atoms with Crippen LogP contribution in [0.15, 0.2) is 72.9 Å². The maximum absolute atomic E-state index is 12.5. The van der Waals surface area contributed by atoms with Crippen LogP contribution in [-0.4, -0.2) is 32.3 Å². The summed E-state index contributed by atoms with van der Waals surface area (Å²) < 4.78 is 0. The molecule has 1 aliphatic carbocycles. The normalized spacial score (nSPS) is 12.6. The molecule has 7 heteroatoms. The molecular weight excluding hydrogens is 558 g/mol. The smallest absolute Gasteiger partial charge is 0.256 e. The number of pyridine rings is 2.